The molecule has 1 heteroatoms. The molecule has 0 saturated carbocycles. The van der Waals surface area contributed by atoms with Crippen molar-refractivity contribution >= 4 is 0 Å². The van der Waals surface area contributed by atoms with Crippen molar-refractivity contribution in [2.45, 2.75) is 60.3 Å². The first-order valence-electron chi connectivity index (χ1n) is 6.07. The molecule has 1 atom stereocenters. The second-order valence-electron chi connectivity index (χ2n) is 5.49. The highest BCUT2D eigenvalue weighted by atomic mass is 16.5. The Kier molecular flexibility index (Phi) is 7.26. The first-order valence-corrected chi connectivity index (χ1v) is 6.07. The van der Waals surface area contributed by atoms with Gasteiger partial charge < -0.3 is 4.74 Å². The zero-order valence-corrected chi connectivity index (χ0v) is 10.7. The lowest BCUT2D eigenvalue weighted by Crippen LogP contribution is -2.18. The van der Waals surface area contributed by atoms with Crippen molar-refractivity contribution in [3.05, 3.63) is 0 Å². The molecule has 0 heterocycles. The topological polar surface area (TPSA) is 9.23 Å². The molecule has 86 valence electrons. The minimum atomic E-state index is 0.309. The van der Waals surface area contributed by atoms with E-state index in [0.29, 0.717) is 5.41 Å². The molecule has 0 unspecified atom stereocenters. The summed E-state index contributed by atoms with van der Waals surface area (Å²) in [5.74, 6) is 0.775. The molecule has 0 amide bonds. The number of unbranched alkanes of at least 4 members (excludes halogenated alkanes) is 1. The highest BCUT2D eigenvalue weighted by molar-refractivity contribution is 4.61. The molecule has 0 aromatic carbocycles. The second-order valence-corrected chi connectivity index (χ2v) is 5.49. The van der Waals surface area contributed by atoms with Crippen LogP contribution in [0, 0.1) is 11.3 Å². The van der Waals surface area contributed by atoms with E-state index in [1.807, 2.05) is 0 Å². The van der Waals surface area contributed by atoms with Crippen LogP contribution in [0.15, 0.2) is 0 Å². The average molecular weight is 200 g/mol. The maximum atomic E-state index is 5.75. The van der Waals surface area contributed by atoms with Crippen LogP contribution in [0.5, 0.6) is 0 Å². The molecule has 0 saturated heterocycles. The van der Waals surface area contributed by atoms with E-state index in [-0.39, 0.29) is 0 Å². The summed E-state index contributed by atoms with van der Waals surface area (Å²) in [6.45, 7) is 13.0. The van der Waals surface area contributed by atoms with E-state index in [9.17, 15) is 0 Å². The van der Waals surface area contributed by atoms with Crippen LogP contribution in [0.1, 0.15) is 60.3 Å². The fourth-order valence-electron chi connectivity index (χ4n) is 1.43. The van der Waals surface area contributed by atoms with Crippen molar-refractivity contribution in [1.82, 2.24) is 0 Å². The van der Waals surface area contributed by atoms with Gasteiger partial charge in [-0.1, -0.05) is 53.9 Å². The molecule has 14 heavy (non-hydrogen) atoms. The van der Waals surface area contributed by atoms with E-state index in [2.05, 4.69) is 34.6 Å². The van der Waals surface area contributed by atoms with E-state index >= 15 is 0 Å². The third-order valence-corrected chi connectivity index (χ3v) is 2.43. The van der Waals surface area contributed by atoms with E-state index in [0.717, 1.165) is 19.1 Å². The molecule has 0 radical (unpaired) electrons. The minimum Gasteiger partial charge on any atom is -0.381 e. The maximum absolute atomic E-state index is 5.75. The van der Waals surface area contributed by atoms with Crippen LogP contribution in [0.3, 0.4) is 0 Å². The van der Waals surface area contributed by atoms with Gasteiger partial charge in [-0.25, -0.2) is 0 Å². The van der Waals surface area contributed by atoms with Crippen LogP contribution in [0.2, 0.25) is 0 Å². The van der Waals surface area contributed by atoms with E-state index in [1.165, 1.54) is 25.7 Å². The van der Waals surface area contributed by atoms with Gasteiger partial charge in [0.25, 0.3) is 0 Å². The molecule has 1 nitrogen and oxygen atoms in total. The van der Waals surface area contributed by atoms with Crippen LogP contribution in [-0.2, 0) is 4.74 Å². The predicted molar refractivity (Wildman–Crippen MR) is 63.6 cm³/mol. The van der Waals surface area contributed by atoms with Gasteiger partial charge in [0, 0.05) is 6.61 Å². The number of hydrogen-bond donors (Lipinski definition) is 0. The van der Waals surface area contributed by atoms with Crippen molar-refractivity contribution in [3.63, 3.8) is 0 Å². The van der Waals surface area contributed by atoms with Gasteiger partial charge in [-0.15, -0.1) is 0 Å². The third kappa shape index (κ3) is 8.55. The Morgan fingerprint density at radius 2 is 1.79 bits per heavy atom. The van der Waals surface area contributed by atoms with Crippen molar-refractivity contribution in [1.29, 1.82) is 0 Å². The second kappa shape index (κ2) is 7.28. The van der Waals surface area contributed by atoms with E-state index in [1.54, 1.807) is 0 Å². The van der Waals surface area contributed by atoms with Crippen LogP contribution < -0.4 is 0 Å². The van der Waals surface area contributed by atoms with Crippen LogP contribution >= 0.6 is 0 Å². The van der Waals surface area contributed by atoms with E-state index < -0.39 is 0 Å². The normalized spacial score (nSPS) is 14.4. The summed E-state index contributed by atoms with van der Waals surface area (Å²) >= 11 is 0. The molecule has 0 aromatic rings. The molecule has 0 spiro atoms. The fraction of sp³-hybridized carbons (Fsp3) is 1.00. The summed E-state index contributed by atoms with van der Waals surface area (Å²) in [5.41, 5.74) is 0.309. The predicted octanol–water partition coefficient (Wildman–Crippen LogP) is 4.27. The summed E-state index contributed by atoms with van der Waals surface area (Å²) in [4.78, 5) is 0. The zero-order chi connectivity index (χ0) is 11.0. The summed E-state index contributed by atoms with van der Waals surface area (Å²) < 4.78 is 5.75. The molecule has 0 fully saturated rings. The van der Waals surface area contributed by atoms with Gasteiger partial charge in [-0.2, -0.15) is 0 Å². The summed E-state index contributed by atoms with van der Waals surface area (Å²) in [6, 6.07) is 0. The molecule has 0 aliphatic rings. The van der Waals surface area contributed by atoms with Gasteiger partial charge >= 0.3 is 0 Å². The molecule has 0 rings (SSSR count). The zero-order valence-electron chi connectivity index (χ0n) is 10.7. The lowest BCUT2D eigenvalue weighted by Gasteiger charge is -2.21. The molecular formula is C13H28O. The van der Waals surface area contributed by atoms with Crippen LogP contribution in [-0.4, -0.2) is 13.2 Å². The number of ether oxygens (including phenoxy) is 1. The SMILES string of the molecule is CCCC[C@@H](CC)COCC(C)(C)C. The fourth-order valence-corrected chi connectivity index (χ4v) is 1.43. The first kappa shape index (κ1) is 14.0. The van der Waals surface area contributed by atoms with Gasteiger partial charge in [0.15, 0.2) is 0 Å². The summed E-state index contributed by atoms with van der Waals surface area (Å²) in [6.07, 6.45) is 5.23. The van der Waals surface area contributed by atoms with Gasteiger partial charge in [0.2, 0.25) is 0 Å². The molecule has 0 aliphatic heterocycles. The Bertz CT molecular complexity index is 124. The number of rotatable bonds is 7. The molecule has 0 bridgehead atoms. The Labute approximate surface area is 90.2 Å². The van der Waals surface area contributed by atoms with Gasteiger partial charge in [0.05, 0.1) is 6.61 Å². The van der Waals surface area contributed by atoms with Crippen molar-refractivity contribution in [2.24, 2.45) is 11.3 Å². The van der Waals surface area contributed by atoms with Crippen molar-refractivity contribution in [2.75, 3.05) is 13.2 Å². The van der Waals surface area contributed by atoms with Gasteiger partial charge in [0.1, 0.15) is 0 Å². The van der Waals surface area contributed by atoms with Crippen molar-refractivity contribution in [3.8, 4) is 0 Å². The average Bonchev–Trinajstić information content (AvgIpc) is 2.09. The smallest absolute Gasteiger partial charge is 0.0514 e. The quantitative estimate of drug-likeness (QED) is 0.596. The Hall–Kier alpha value is -0.0400. The Morgan fingerprint density at radius 3 is 2.21 bits per heavy atom. The van der Waals surface area contributed by atoms with E-state index in [4.69, 9.17) is 4.74 Å². The Balaban J connectivity index is 3.52. The molecule has 0 aromatic heterocycles. The molecule has 0 N–H and O–H groups in total. The summed E-state index contributed by atoms with van der Waals surface area (Å²) in [5, 5.41) is 0. The third-order valence-electron chi connectivity index (χ3n) is 2.43. The minimum absolute atomic E-state index is 0.309. The largest absolute Gasteiger partial charge is 0.381 e. The lowest BCUT2D eigenvalue weighted by atomic mass is 9.98. The molecule has 0 aliphatic carbocycles. The number of hydrogen-bond acceptors (Lipinski definition) is 1. The van der Waals surface area contributed by atoms with Gasteiger partial charge in [-0.3, -0.25) is 0 Å². The summed E-state index contributed by atoms with van der Waals surface area (Å²) in [7, 11) is 0. The van der Waals surface area contributed by atoms with Crippen LogP contribution in [0.4, 0.5) is 0 Å². The highest BCUT2D eigenvalue weighted by Gasteiger charge is 2.12. The highest BCUT2D eigenvalue weighted by Crippen LogP contribution is 2.16. The van der Waals surface area contributed by atoms with Gasteiger partial charge in [-0.05, 0) is 17.8 Å². The van der Waals surface area contributed by atoms with Crippen molar-refractivity contribution < 1.29 is 4.74 Å². The van der Waals surface area contributed by atoms with Crippen LogP contribution in [0.25, 0.3) is 0 Å². The standard InChI is InChI=1S/C13H28O/c1-6-8-9-12(7-2)10-14-11-13(3,4)5/h12H,6-11H2,1-5H3/t12-/m1/s1. The Morgan fingerprint density at radius 1 is 1.14 bits per heavy atom. The molecular weight excluding hydrogens is 172 g/mol. The lowest BCUT2D eigenvalue weighted by molar-refractivity contribution is 0.0443. The first-order chi connectivity index (χ1) is 6.49. The maximum Gasteiger partial charge on any atom is 0.0514 e. The monoisotopic (exact) mass is 200 g/mol.